The SMILES string of the molecule is CCCC/C=C/COCC. The number of rotatable bonds is 6. The van der Waals surface area contributed by atoms with E-state index in [1.807, 2.05) is 6.92 Å². The lowest BCUT2D eigenvalue weighted by atomic mass is 10.2. The van der Waals surface area contributed by atoms with Crippen LogP contribution in [0.15, 0.2) is 12.2 Å². The van der Waals surface area contributed by atoms with Gasteiger partial charge in [0.05, 0.1) is 6.61 Å². The average Bonchev–Trinajstić information content (AvgIpc) is 1.97. The molecule has 0 aliphatic rings. The molecule has 1 nitrogen and oxygen atoms in total. The van der Waals surface area contributed by atoms with Gasteiger partial charge < -0.3 is 4.74 Å². The second kappa shape index (κ2) is 8.70. The first-order chi connectivity index (χ1) is 4.91. The zero-order valence-electron chi connectivity index (χ0n) is 7.10. The molecule has 60 valence electrons. The van der Waals surface area contributed by atoms with Crippen LogP contribution in [0.1, 0.15) is 33.1 Å². The molecule has 0 aliphatic carbocycles. The van der Waals surface area contributed by atoms with Crippen LogP contribution in [0, 0.1) is 0 Å². The van der Waals surface area contributed by atoms with Crippen molar-refractivity contribution >= 4 is 0 Å². The summed E-state index contributed by atoms with van der Waals surface area (Å²) in [6.45, 7) is 5.81. The Morgan fingerprint density at radius 2 is 2.00 bits per heavy atom. The molecule has 0 aromatic rings. The van der Waals surface area contributed by atoms with Gasteiger partial charge in [-0.3, -0.25) is 0 Å². The Balaban J connectivity index is 2.89. The molecule has 0 atom stereocenters. The van der Waals surface area contributed by atoms with Gasteiger partial charge in [-0.1, -0.05) is 31.9 Å². The van der Waals surface area contributed by atoms with Crippen LogP contribution in [-0.2, 0) is 4.74 Å². The second-order valence-electron chi connectivity index (χ2n) is 2.27. The summed E-state index contributed by atoms with van der Waals surface area (Å²) in [5.74, 6) is 0. The topological polar surface area (TPSA) is 9.23 Å². The predicted molar refractivity (Wildman–Crippen MR) is 45.2 cm³/mol. The molecule has 0 aliphatic heterocycles. The summed E-state index contributed by atoms with van der Waals surface area (Å²) in [7, 11) is 0. The fraction of sp³-hybridized carbons (Fsp3) is 0.778. The van der Waals surface area contributed by atoms with E-state index in [1.165, 1.54) is 19.3 Å². The van der Waals surface area contributed by atoms with Crippen molar-refractivity contribution in [1.29, 1.82) is 0 Å². The fourth-order valence-corrected chi connectivity index (χ4v) is 0.694. The zero-order valence-corrected chi connectivity index (χ0v) is 7.10. The molecule has 0 radical (unpaired) electrons. The molecule has 1 heteroatoms. The van der Waals surface area contributed by atoms with Crippen LogP contribution in [0.25, 0.3) is 0 Å². The molecule has 0 N–H and O–H groups in total. The van der Waals surface area contributed by atoms with Gasteiger partial charge in [0.2, 0.25) is 0 Å². The molecule has 10 heavy (non-hydrogen) atoms. The van der Waals surface area contributed by atoms with Crippen molar-refractivity contribution in [3.8, 4) is 0 Å². The minimum Gasteiger partial charge on any atom is -0.378 e. The lowest BCUT2D eigenvalue weighted by Gasteiger charge is -1.92. The van der Waals surface area contributed by atoms with Gasteiger partial charge in [-0.05, 0) is 13.3 Å². The Kier molecular flexibility index (Phi) is 8.44. The highest BCUT2D eigenvalue weighted by Crippen LogP contribution is 1.94. The molecule has 0 saturated carbocycles. The fourth-order valence-electron chi connectivity index (χ4n) is 0.694. The molecule has 0 amide bonds. The summed E-state index contributed by atoms with van der Waals surface area (Å²) >= 11 is 0. The molecule has 0 saturated heterocycles. The normalized spacial score (nSPS) is 11.0. The smallest absolute Gasteiger partial charge is 0.0647 e. The second-order valence-corrected chi connectivity index (χ2v) is 2.27. The number of ether oxygens (including phenoxy) is 1. The lowest BCUT2D eigenvalue weighted by Crippen LogP contribution is -1.87. The third kappa shape index (κ3) is 7.70. The van der Waals surface area contributed by atoms with Gasteiger partial charge in [-0.2, -0.15) is 0 Å². The summed E-state index contributed by atoms with van der Waals surface area (Å²) in [5.41, 5.74) is 0. The van der Waals surface area contributed by atoms with Crippen molar-refractivity contribution in [3.05, 3.63) is 12.2 Å². The van der Waals surface area contributed by atoms with E-state index < -0.39 is 0 Å². The minimum atomic E-state index is 0.778. The van der Waals surface area contributed by atoms with Gasteiger partial charge in [-0.15, -0.1) is 0 Å². The van der Waals surface area contributed by atoms with E-state index in [1.54, 1.807) is 0 Å². The van der Waals surface area contributed by atoms with Gasteiger partial charge in [0, 0.05) is 6.61 Å². The van der Waals surface area contributed by atoms with Crippen LogP contribution in [0.5, 0.6) is 0 Å². The zero-order chi connectivity index (χ0) is 7.66. The third-order valence-corrected chi connectivity index (χ3v) is 1.31. The van der Waals surface area contributed by atoms with Crippen molar-refractivity contribution in [2.75, 3.05) is 13.2 Å². The Labute approximate surface area is 64.1 Å². The molecule has 0 unspecified atom stereocenters. The number of hydrogen-bond donors (Lipinski definition) is 0. The lowest BCUT2D eigenvalue weighted by molar-refractivity contribution is 0.177. The summed E-state index contributed by atoms with van der Waals surface area (Å²) in [5, 5.41) is 0. The monoisotopic (exact) mass is 142 g/mol. The van der Waals surface area contributed by atoms with Crippen molar-refractivity contribution in [3.63, 3.8) is 0 Å². The van der Waals surface area contributed by atoms with E-state index in [0.717, 1.165) is 13.2 Å². The molecular weight excluding hydrogens is 124 g/mol. The summed E-state index contributed by atoms with van der Waals surface area (Å²) in [4.78, 5) is 0. The number of allylic oxidation sites excluding steroid dienone is 1. The highest BCUT2D eigenvalue weighted by molar-refractivity contribution is 4.80. The largest absolute Gasteiger partial charge is 0.378 e. The first-order valence-electron chi connectivity index (χ1n) is 4.14. The van der Waals surface area contributed by atoms with E-state index in [0.29, 0.717) is 0 Å². The molecular formula is C9H18O. The minimum absolute atomic E-state index is 0.778. The van der Waals surface area contributed by atoms with Gasteiger partial charge in [0.25, 0.3) is 0 Å². The molecule has 0 spiro atoms. The van der Waals surface area contributed by atoms with E-state index >= 15 is 0 Å². The number of hydrogen-bond acceptors (Lipinski definition) is 1. The maximum absolute atomic E-state index is 5.13. The number of unbranched alkanes of at least 4 members (excludes halogenated alkanes) is 2. The standard InChI is InChI=1S/C9H18O/c1-3-5-6-7-8-9-10-4-2/h7-8H,3-6,9H2,1-2H3/b8-7+. The molecule has 0 fully saturated rings. The third-order valence-electron chi connectivity index (χ3n) is 1.31. The molecule has 0 bridgehead atoms. The van der Waals surface area contributed by atoms with Gasteiger partial charge in [-0.25, -0.2) is 0 Å². The van der Waals surface area contributed by atoms with Gasteiger partial charge in [0.15, 0.2) is 0 Å². The summed E-state index contributed by atoms with van der Waals surface area (Å²) < 4.78 is 5.13. The molecule has 0 aromatic carbocycles. The first kappa shape index (κ1) is 9.70. The Morgan fingerprint density at radius 3 is 2.60 bits per heavy atom. The van der Waals surface area contributed by atoms with E-state index in [2.05, 4.69) is 19.1 Å². The van der Waals surface area contributed by atoms with Crippen molar-refractivity contribution in [2.45, 2.75) is 33.1 Å². The average molecular weight is 142 g/mol. The highest BCUT2D eigenvalue weighted by Gasteiger charge is 1.77. The summed E-state index contributed by atoms with van der Waals surface area (Å²) in [6, 6.07) is 0. The molecule has 0 rings (SSSR count). The van der Waals surface area contributed by atoms with Crippen LogP contribution in [0.2, 0.25) is 0 Å². The van der Waals surface area contributed by atoms with Crippen LogP contribution in [0.4, 0.5) is 0 Å². The van der Waals surface area contributed by atoms with Crippen LogP contribution in [0.3, 0.4) is 0 Å². The van der Waals surface area contributed by atoms with Crippen molar-refractivity contribution < 1.29 is 4.74 Å². The van der Waals surface area contributed by atoms with Gasteiger partial charge in [0.1, 0.15) is 0 Å². The maximum Gasteiger partial charge on any atom is 0.0647 e. The predicted octanol–water partition coefficient (Wildman–Crippen LogP) is 2.77. The van der Waals surface area contributed by atoms with Crippen LogP contribution in [-0.4, -0.2) is 13.2 Å². The van der Waals surface area contributed by atoms with Gasteiger partial charge >= 0.3 is 0 Å². The first-order valence-corrected chi connectivity index (χ1v) is 4.14. The van der Waals surface area contributed by atoms with Crippen molar-refractivity contribution in [2.24, 2.45) is 0 Å². The summed E-state index contributed by atoms with van der Waals surface area (Å²) in [6.07, 6.45) is 8.06. The Bertz CT molecular complexity index is 66.8. The van der Waals surface area contributed by atoms with E-state index in [4.69, 9.17) is 4.74 Å². The molecule has 0 heterocycles. The highest BCUT2D eigenvalue weighted by atomic mass is 16.5. The quantitative estimate of drug-likeness (QED) is 0.409. The molecule has 0 aromatic heterocycles. The Morgan fingerprint density at radius 1 is 1.20 bits per heavy atom. The van der Waals surface area contributed by atoms with Crippen LogP contribution >= 0.6 is 0 Å². The van der Waals surface area contributed by atoms with E-state index in [-0.39, 0.29) is 0 Å². The van der Waals surface area contributed by atoms with Crippen LogP contribution < -0.4 is 0 Å². The van der Waals surface area contributed by atoms with Crippen molar-refractivity contribution in [1.82, 2.24) is 0 Å². The Hall–Kier alpha value is -0.300. The van der Waals surface area contributed by atoms with E-state index in [9.17, 15) is 0 Å². The maximum atomic E-state index is 5.13.